The van der Waals surface area contributed by atoms with Gasteiger partial charge in [-0.2, -0.15) is 0 Å². The van der Waals surface area contributed by atoms with Crippen LogP contribution in [-0.4, -0.2) is 49.5 Å². The molecule has 6 nitrogen and oxygen atoms in total. The summed E-state index contributed by atoms with van der Waals surface area (Å²) in [5.74, 6) is 0. The van der Waals surface area contributed by atoms with Crippen LogP contribution in [0.15, 0.2) is 0 Å². The molecule has 0 aromatic carbocycles. The van der Waals surface area contributed by atoms with Gasteiger partial charge in [-0.1, -0.05) is 310 Å². The third-order valence-corrected chi connectivity index (χ3v) is 12.8. The van der Waals surface area contributed by atoms with E-state index < -0.39 is 14.6 Å². The zero-order valence-corrected chi connectivity index (χ0v) is 42.8. The first-order valence-corrected chi connectivity index (χ1v) is 28.5. The Morgan fingerprint density at radius 3 is 0.452 bits per heavy atom. The minimum atomic E-state index is -2.17. The van der Waals surface area contributed by atoms with Crippen molar-refractivity contribution in [2.45, 2.75) is 329 Å². The molecule has 0 aromatic rings. The van der Waals surface area contributed by atoms with Crippen LogP contribution in [-0.2, 0) is 14.0 Å². The Bertz CT molecular complexity index is 655. The average molecular weight is 881 g/mol. The first-order chi connectivity index (χ1) is 30.6. The molecule has 0 aliphatic rings. The fourth-order valence-electron chi connectivity index (χ4n) is 8.63. The summed E-state index contributed by atoms with van der Waals surface area (Å²) in [5, 5.41) is 21.5. The zero-order chi connectivity index (χ0) is 45.3. The summed E-state index contributed by atoms with van der Waals surface area (Å²) >= 11 is 0. The van der Waals surface area contributed by atoms with Gasteiger partial charge < -0.3 is 29.0 Å². The maximum atomic E-state index is 7.17. The maximum Gasteiger partial charge on any atom is 0.639 e. The number of hydrogen-bond acceptors (Lipinski definition) is 6. The van der Waals surface area contributed by atoms with Crippen molar-refractivity contribution in [2.24, 2.45) is 0 Å². The van der Waals surface area contributed by atoms with Crippen molar-refractivity contribution in [3.05, 3.63) is 0 Å². The van der Waals surface area contributed by atoms with Crippen molar-refractivity contribution in [1.82, 2.24) is 0 Å². The fraction of sp³-hybridized carbons (Fsp3) is 1.00. The highest BCUT2D eigenvalue weighted by Crippen LogP contribution is 2.17. The fourth-order valence-corrected chi connectivity index (χ4v) is 8.63. The predicted molar refractivity (Wildman–Crippen MR) is 275 cm³/mol. The Kier molecular flexibility index (Phi) is 62.8. The summed E-state index contributed by atoms with van der Waals surface area (Å²) in [6.07, 6.45) is 67.1. The molecule has 0 saturated heterocycles. The van der Waals surface area contributed by atoms with E-state index in [1.54, 1.807) is 0 Å². The Morgan fingerprint density at radius 2 is 0.323 bits per heavy atom. The number of unbranched alkanes of at least 4 members (excludes halogenated alkanes) is 45. The van der Waals surface area contributed by atoms with E-state index in [1.807, 2.05) is 0 Å². The Balaban J connectivity index is 0. The van der Waals surface area contributed by atoms with E-state index in [4.69, 9.17) is 29.0 Å². The van der Waals surface area contributed by atoms with Gasteiger partial charge in [-0.3, -0.25) is 0 Å². The highest BCUT2D eigenvalue weighted by Gasteiger charge is 2.20. The Morgan fingerprint density at radius 1 is 0.210 bits per heavy atom. The standard InChI is InChI=1S/C54H111BO3.BH3O3/c1-4-7-10-13-16-19-22-25-28-31-34-37-40-43-46-49-52-56-55(57-53-50-47-44-41-38-35-32-29-26-23-20-17-14-11-8-5-2)58-54-51-48-45-42-39-36-33-30-27-24-21-18-15-12-9-6-3;2-1(3)4/h4-54H2,1-3H3;2-4H. The van der Waals surface area contributed by atoms with Gasteiger partial charge in [-0.25, -0.2) is 0 Å². The second kappa shape index (κ2) is 60.9. The van der Waals surface area contributed by atoms with Gasteiger partial charge in [0.1, 0.15) is 0 Å². The summed E-state index contributed by atoms with van der Waals surface area (Å²) in [5.41, 5.74) is 0. The second-order valence-corrected chi connectivity index (χ2v) is 19.2. The second-order valence-electron chi connectivity index (χ2n) is 19.2. The average Bonchev–Trinajstić information content (AvgIpc) is 3.26. The minimum Gasteiger partial charge on any atom is -0.402 e. The molecule has 0 radical (unpaired) electrons. The molecular formula is C54H114B2O6. The third kappa shape index (κ3) is 64.2. The SMILES string of the molecule is CCCCCCCCCCCCCCCCCCOB(OCCCCCCCCCCCCCCCCCC)OCCCCCCCCCCCCCCCCCC.OB(O)O. The van der Waals surface area contributed by atoms with Crippen LogP contribution in [0.4, 0.5) is 0 Å². The van der Waals surface area contributed by atoms with Crippen molar-refractivity contribution in [1.29, 1.82) is 0 Å². The van der Waals surface area contributed by atoms with Crippen molar-refractivity contribution in [2.75, 3.05) is 19.8 Å². The molecule has 0 rings (SSSR count). The van der Waals surface area contributed by atoms with Gasteiger partial charge in [0.15, 0.2) is 0 Å². The van der Waals surface area contributed by atoms with Crippen molar-refractivity contribution in [3.8, 4) is 0 Å². The molecular weight excluding hydrogens is 766 g/mol. The summed E-state index contributed by atoms with van der Waals surface area (Å²) < 4.78 is 18.5. The van der Waals surface area contributed by atoms with E-state index in [0.717, 1.165) is 39.1 Å². The molecule has 0 amide bonds. The zero-order valence-electron chi connectivity index (χ0n) is 42.8. The lowest BCUT2D eigenvalue weighted by molar-refractivity contribution is 0.0885. The van der Waals surface area contributed by atoms with E-state index in [1.165, 1.54) is 289 Å². The highest BCUT2D eigenvalue weighted by atomic mass is 16.7. The molecule has 0 fully saturated rings. The van der Waals surface area contributed by atoms with Gasteiger partial charge in [-0.15, -0.1) is 0 Å². The molecule has 3 N–H and O–H groups in total. The van der Waals surface area contributed by atoms with E-state index >= 15 is 0 Å². The third-order valence-electron chi connectivity index (χ3n) is 12.8. The van der Waals surface area contributed by atoms with Gasteiger partial charge in [-0.05, 0) is 19.3 Å². The summed E-state index contributed by atoms with van der Waals surface area (Å²) in [7, 11) is -2.64. The lowest BCUT2D eigenvalue weighted by Crippen LogP contribution is -2.28. The topological polar surface area (TPSA) is 88.4 Å². The van der Waals surface area contributed by atoms with E-state index in [-0.39, 0.29) is 0 Å². The molecule has 372 valence electrons. The molecule has 0 aromatic heterocycles. The van der Waals surface area contributed by atoms with E-state index in [2.05, 4.69) is 20.8 Å². The van der Waals surface area contributed by atoms with Crippen LogP contribution in [0.5, 0.6) is 0 Å². The molecule has 0 bridgehead atoms. The smallest absolute Gasteiger partial charge is 0.402 e. The Hall–Kier alpha value is -0.110. The number of rotatable bonds is 54. The lowest BCUT2D eigenvalue weighted by Gasteiger charge is -2.15. The molecule has 0 atom stereocenters. The van der Waals surface area contributed by atoms with Crippen LogP contribution < -0.4 is 0 Å². The van der Waals surface area contributed by atoms with Crippen molar-refractivity contribution < 1.29 is 29.0 Å². The molecule has 0 aliphatic carbocycles. The van der Waals surface area contributed by atoms with Crippen molar-refractivity contribution in [3.63, 3.8) is 0 Å². The normalized spacial score (nSPS) is 11.3. The molecule has 62 heavy (non-hydrogen) atoms. The van der Waals surface area contributed by atoms with Gasteiger partial charge in [0.25, 0.3) is 0 Å². The molecule has 0 heterocycles. The van der Waals surface area contributed by atoms with E-state index in [9.17, 15) is 0 Å². The molecule has 0 unspecified atom stereocenters. The quantitative estimate of drug-likeness (QED) is 0.0417. The van der Waals surface area contributed by atoms with Gasteiger partial charge >= 0.3 is 14.6 Å². The predicted octanol–water partition coefficient (Wildman–Crippen LogP) is 17.8. The van der Waals surface area contributed by atoms with Crippen LogP contribution in [0.3, 0.4) is 0 Å². The highest BCUT2D eigenvalue weighted by molar-refractivity contribution is 6.36. The molecule has 0 aliphatic heterocycles. The summed E-state index contributed by atoms with van der Waals surface area (Å²) in [6, 6.07) is 0. The Labute approximate surface area is 391 Å². The van der Waals surface area contributed by atoms with Crippen LogP contribution >= 0.6 is 0 Å². The van der Waals surface area contributed by atoms with Crippen LogP contribution in [0.2, 0.25) is 0 Å². The maximum absolute atomic E-state index is 7.17. The lowest BCUT2D eigenvalue weighted by atomic mass is 10.0. The van der Waals surface area contributed by atoms with Gasteiger partial charge in [0.2, 0.25) is 0 Å². The minimum absolute atomic E-state index is 0.468. The molecule has 0 spiro atoms. The first kappa shape index (κ1) is 64.0. The van der Waals surface area contributed by atoms with Gasteiger partial charge in [0, 0.05) is 19.8 Å². The van der Waals surface area contributed by atoms with Crippen LogP contribution in [0.25, 0.3) is 0 Å². The monoisotopic (exact) mass is 881 g/mol. The first-order valence-electron chi connectivity index (χ1n) is 28.5. The van der Waals surface area contributed by atoms with Gasteiger partial charge in [0.05, 0.1) is 0 Å². The van der Waals surface area contributed by atoms with Crippen LogP contribution in [0.1, 0.15) is 329 Å². The summed E-state index contributed by atoms with van der Waals surface area (Å²) in [6.45, 7) is 9.21. The molecule has 0 saturated carbocycles. The van der Waals surface area contributed by atoms with Crippen molar-refractivity contribution >= 4 is 14.6 Å². The molecule has 8 heteroatoms. The number of hydrogen-bond donors (Lipinski definition) is 3. The summed E-state index contributed by atoms with van der Waals surface area (Å²) in [4.78, 5) is 0. The largest absolute Gasteiger partial charge is 0.639 e. The van der Waals surface area contributed by atoms with E-state index in [0.29, 0.717) is 0 Å². The van der Waals surface area contributed by atoms with Crippen LogP contribution in [0, 0.1) is 0 Å².